The highest BCUT2D eigenvalue weighted by Crippen LogP contribution is 2.27. The maximum atomic E-state index is 12.5. The number of carbonyl (C=O) groups is 1. The topological polar surface area (TPSA) is 57.8 Å². The summed E-state index contributed by atoms with van der Waals surface area (Å²) in [5, 5.41) is 3.75. The van der Waals surface area contributed by atoms with E-state index < -0.39 is 0 Å². The van der Waals surface area contributed by atoms with Gasteiger partial charge in [0.25, 0.3) is 5.91 Å². The molecule has 1 aliphatic rings. The molecule has 0 aromatic carbocycles. The van der Waals surface area contributed by atoms with Crippen LogP contribution in [-0.2, 0) is 0 Å². The van der Waals surface area contributed by atoms with Crippen molar-refractivity contribution in [1.82, 2.24) is 15.3 Å². The number of hydrogen-bond acceptors (Lipinski definition) is 2. The van der Waals surface area contributed by atoms with Crippen LogP contribution in [0.1, 0.15) is 55.4 Å². The van der Waals surface area contributed by atoms with Gasteiger partial charge in [0, 0.05) is 35.8 Å². The van der Waals surface area contributed by atoms with Crippen molar-refractivity contribution < 1.29 is 4.79 Å². The highest BCUT2D eigenvalue weighted by molar-refractivity contribution is 6.33. The van der Waals surface area contributed by atoms with Crippen molar-refractivity contribution in [2.75, 3.05) is 0 Å². The van der Waals surface area contributed by atoms with Crippen molar-refractivity contribution in [2.24, 2.45) is 0 Å². The van der Waals surface area contributed by atoms with Gasteiger partial charge in [0.2, 0.25) is 0 Å². The molecule has 0 saturated heterocycles. The number of nitrogens with zero attached hydrogens (tertiary/aromatic N) is 1. The third-order valence-corrected chi connectivity index (χ3v) is 4.75. The number of hydrogen-bond donors (Lipinski definition) is 2. The van der Waals surface area contributed by atoms with Crippen LogP contribution in [0.15, 0.2) is 30.7 Å². The molecule has 2 heterocycles. The molecular formula is C18H22ClN3O. The minimum absolute atomic E-state index is 0.0352. The van der Waals surface area contributed by atoms with Crippen molar-refractivity contribution in [1.29, 1.82) is 0 Å². The summed E-state index contributed by atoms with van der Waals surface area (Å²) in [4.78, 5) is 19.5. The van der Waals surface area contributed by atoms with Crippen molar-refractivity contribution in [2.45, 2.75) is 51.0 Å². The van der Waals surface area contributed by atoms with Crippen molar-refractivity contribution in [3.63, 3.8) is 0 Å². The normalized spacial score (nSPS) is 16.6. The number of aromatic amines is 1. The van der Waals surface area contributed by atoms with Crippen LogP contribution in [0, 0.1) is 0 Å². The third kappa shape index (κ3) is 4.14. The Morgan fingerprint density at radius 1 is 1.22 bits per heavy atom. The van der Waals surface area contributed by atoms with Gasteiger partial charge < -0.3 is 10.3 Å². The van der Waals surface area contributed by atoms with E-state index in [4.69, 9.17) is 11.6 Å². The SMILES string of the molecule is O=C(NC1CCCCCCC1)c1cc(-c2ccncc2Cl)c[nH]1. The lowest BCUT2D eigenvalue weighted by Crippen LogP contribution is -2.35. The predicted molar refractivity (Wildman–Crippen MR) is 92.6 cm³/mol. The molecule has 0 radical (unpaired) electrons. The first kappa shape index (κ1) is 16.1. The summed E-state index contributed by atoms with van der Waals surface area (Å²) in [7, 11) is 0. The van der Waals surface area contributed by atoms with E-state index in [1.165, 1.54) is 32.1 Å². The van der Waals surface area contributed by atoms with Crippen molar-refractivity contribution in [3.8, 4) is 11.1 Å². The minimum Gasteiger partial charge on any atom is -0.357 e. The number of amides is 1. The maximum Gasteiger partial charge on any atom is 0.267 e. The van der Waals surface area contributed by atoms with E-state index in [9.17, 15) is 4.79 Å². The standard InChI is InChI=1S/C18H22ClN3O/c19-16-12-20-9-8-15(16)13-10-17(21-11-13)18(23)22-14-6-4-2-1-3-5-7-14/h8-12,14,21H,1-7H2,(H,22,23). The number of pyridine rings is 1. The monoisotopic (exact) mass is 331 g/mol. The summed E-state index contributed by atoms with van der Waals surface area (Å²) in [5.41, 5.74) is 2.36. The Bertz CT molecular complexity index is 660. The van der Waals surface area contributed by atoms with E-state index in [1.807, 2.05) is 18.3 Å². The molecule has 0 bridgehead atoms. The molecule has 0 spiro atoms. The van der Waals surface area contributed by atoms with E-state index in [0.29, 0.717) is 16.8 Å². The fourth-order valence-corrected chi connectivity index (χ4v) is 3.38. The smallest absolute Gasteiger partial charge is 0.267 e. The van der Waals surface area contributed by atoms with E-state index in [2.05, 4.69) is 15.3 Å². The average molecular weight is 332 g/mol. The van der Waals surface area contributed by atoms with Crippen LogP contribution in [0.25, 0.3) is 11.1 Å². The maximum absolute atomic E-state index is 12.5. The second kappa shape index (κ2) is 7.64. The molecule has 1 aliphatic carbocycles. The summed E-state index contributed by atoms with van der Waals surface area (Å²) in [6.07, 6.45) is 13.6. The quantitative estimate of drug-likeness (QED) is 0.865. The molecule has 1 fully saturated rings. The zero-order valence-electron chi connectivity index (χ0n) is 13.1. The number of aromatic nitrogens is 2. The fourth-order valence-electron chi connectivity index (χ4n) is 3.15. The van der Waals surface area contributed by atoms with Gasteiger partial charge in [-0.25, -0.2) is 0 Å². The molecule has 0 atom stereocenters. The van der Waals surface area contributed by atoms with Gasteiger partial charge in [-0.05, 0) is 25.0 Å². The lowest BCUT2D eigenvalue weighted by Gasteiger charge is -2.20. The largest absolute Gasteiger partial charge is 0.357 e. The molecular weight excluding hydrogens is 310 g/mol. The molecule has 2 aromatic rings. The minimum atomic E-state index is -0.0352. The molecule has 0 aliphatic heterocycles. The lowest BCUT2D eigenvalue weighted by molar-refractivity contribution is 0.0926. The number of carbonyl (C=O) groups excluding carboxylic acids is 1. The molecule has 122 valence electrons. The van der Waals surface area contributed by atoms with Crippen LogP contribution in [0.5, 0.6) is 0 Å². The van der Waals surface area contributed by atoms with Gasteiger partial charge in [0.1, 0.15) is 5.69 Å². The molecule has 4 nitrogen and oxygen atoms in total. The lowest BCUT2D eigenvalue weighted by atomic mass is 9.96. The molecule has 23 heavy (non-hydrogen) atoms. The van der Waals surface area contributed by atoms with Crippen molar-refractivity contribution in [3.05, 3.63) is 41.4 Å². The Kier molecular flexibility index (Phi) is 5.34. The first-order chi connectivity index (χ1) is 11.2. The second-order valence-electron chi connectivity index (χ2n) is 6.17. The Morgan fingerprint density at radius 2 is 1.96 bits per heavy atom. The van der Waals surface area contributed by atoms with Crippen LogP contribution >= 0.6 is 11.6 Å². The van der Waals surface area contributed by atoms with Gasteiger partial charge in [-0.2, -0.15) is 0 Å². The fraction of sp³-hybridized carbons (Fsp3) is 0.444. The predicted octanol–water partition coefficient (Wildman–Crippen LogP) is 4.57. The first-order valence-corrected chi connectivity index (χ1v) is 8.71. The highest BCUT2D eigenvalue weighted by Gasteiger charge is 2.17. The number of nitrogens with one attached hydrogen (secondary N) is 2. The summed E-state index contributed by atoms with van der Waals surface area (Å²) in [6.45, 7) is 0. The van der Waals surface area contributed by atoms with E-state index in [1.54, 1.807) is 12.4 Å². The van der Waals surface area contributed by atoms with Crippen LogP contribution in [0.4, 0.5) is 0 Å². The molecule has 3 rings (SSSR count). The molecule has 0 unspecified atom stereocenters. The highest BCUT2D eigenvalue weighted by atomic mass is 35.5. The van der Waals surface area contributed by atoms with Gasteiger partial charge in [-0.3, -0.25) is 9.78 Å². The molecule has 5 heteroatoms. The zero-order valence-corrected chi connectivity index (χ0v) is 13.9. The van der Waals surface area contributed by atoms with Crippen LogP contribution in [0.3, 0.4) is 0 Å². The molecule has 2 aromatic heterocycles. The number of halogens is 1. The number of rotatable bonds is 3. The van der Waals surface area contributed by atoms with Gasteiger partial charge >= 0.3 is 0 Å². The zero-order chi connectivity index (χ0) is 16.1. The summed E-state index contributed by atoms with van der Waals surface area (Å²) in [5.74, 6) is -0.0352. The van der Waals surface area contributed by atoms with E-state index in [0.717, 1.165) is 24.0 Å². The number of H-pyrrole nitrogens is 1. The summed E-state index contributed by atoms with van der Waals surface area (Å²) < 4.78 is 0. The average Bonchev–Trinajstić information content (AvgIpc) is 3.00. The Balaban J connectivity index is 1.67. The van der Waals surface area contributed by atoms with Crippen LogP contribution in [-0.4, -0.2) is 21.9 Å². The summed E-state index contributed by atoms with van der Waals surface area (Å²) >= 11 is 6.16. The molecule has 1 saturated carbocycles. The van der Waals surface area contributed by atoms with Crippen LogP contribution < -0.4 is 5.32 Å². The van der Waals surface area contributed by atoms with Gasteiger partial charge in [-0.15, -0.1) is 0 Å². The van der Waals surface area contributed by atoms with Gasteiger partial charge in [-0.1, -0.05) is 43.7 Å². The Morgan fingerprint density at radius 3 is 2.70 bits per heavy atom. The third-order valence-electron chi connectivity index (χ3n) is 4.45. The molecule has 2 N–H and O–H groups in total. The van der Waals surface area contributed by atoms with Crippen molar-refractivity contribution >= 4 is 17.5 Å². The first-order valence-electron chi connectivity index (χ1n) is 8.33. The van der Waals surface area contributed by atoms with Crippen LogP contribution in [0.2, 0.25) is 5.02 Å². The Hall–Kier alpha value is -1.81. The summed E-state index contributed by atoms with van der Waals surface area (Å²) in [6, 6.07) is 3.99. The van der Waals surface area contributed by atoms with E-state index >= 15 is 0 Å². The van der Waals surface area contributed by atoms with Gasteiger partial charge in [0.05, 0.1) is 5.02 Å². The molecule has 1 amide bonds. The second-order valence-corrected chi connectivity index (χ2v) is 6.58. The van der Waals surface area contributed by atoms with Gasteiger partial charge in [0.15, 0.2) is 0 Å². The van der Waals surface area contributed by atoms with E-state index in [-0.39, 0.29) is 5.91 Å². The Labute approximate surface area is 141 Å².